The van der Waals surface area contributed by atoms with Crippen molar-refractivity contribution in [3.8, 4) is 0 Å². The van der Waals surface area contributed by atoms with E-state index in [9.17, 15) is 18.0 Å². The lowest BCUT2D eigenvalue weighted by Crippen LogP contribution is -2.54. The molecule has 1 N–H and O–H groups in total. The van der Waals surface area contributed by atoms with E-state index in [-0.39, 0.29) is 24.0 Å². The molecule has 2 heterocycles. The average Bonchev–Trinajstić information content (AvgIpc) is 3.36. The number of hydrogen-bond acceptors (Lipinski definition) is 4. The molecule has 5 nitrogen and oxygen atoms in total. The number of benzene rings is 3. The van der Waals surface area contributed by atoms with Crippen LogP contribution in [0.3, 0.4) is 0 Å². The summed E-state index contributed by atoms with van der Waals surface area (Å²) in [5.74, 6) is 0.122. The maximum Gasteiger partial charge on any atom is 0.416 e. The van der Waals surface area contributed by atoms with Crippen LogP contribution in [0.2, 0.25) is 0 Å². The molecule has 3 aromatic rings. The SMILES string of the molecule is CC(C)N1C[C@H](NCc2cccc3ccccc23)C[C@H]1C(=O)N1CCN(c2cccc(C(F)(F)F)c2)CC1. The summed E-state index contributed by atoms with van der Waals surface area (Å²) < 4.78 is 39.4. The van der Waals surface area contributed by atoms with Crippen molar-refractivity contribution in [3.05, 3.63) is 77.9 Å². The summed E-state index contributed by atoms with van der Waals surface area (Å²) in [4.78, 5) is 19.7. The number of halogens is 3. The van der Waals surface area contributed by atoms with E-state index in [1.54, 1.807) is 6.07 Å². The number of anilines is 1. The minimum absolute atomic E-state index is 0.122. The molecule has 2 fully saturated rings. The van der Waals surface area contributed by atoms with Crippen LogP contribution in [-0.4, -0.2) is 66.6 Å². The van der Waals surface area contributed by atoms with Gasteiger partial charge in [0.05, 0.1) is 11.6 Å². The molecule has 0 aromatic heterocycles. The van der Waals surface area contributed by atoms with E-state index in [1.807, 2.05) is 15.9 Å². The third-order valence-corrected chi connectivity index (χ3v) is 7.88. The van der Waals surface area contributed by atoms with Gasteiger partial charge in [-0.3, -0.25) is 9.69 Å². The normalized spacial score (nSPS) is 21.0. The maximum atomic E-state index is 13.6. The molecule has 2 aliphatic rings. The number of alkyl halides is 3. The predicted octanol–water partition coefficient (Wildman–Crippen LogP) is 5.15. The predicted molar refractivity (Wildman–Crippen MR) is 145 cm³/mol. The summed E-state index contributed by atoms with van der Waals surface area (Å²) in [6.07, 6.45) is -3.62. The molecule has 5 rings (SSSR count). The Morgan fingerprint density at radius 3 is 2.42 bits per heavy atom. The molecule has 2 saturated heterocycles. The quantitative estimate of drug-likeness (QED) is 0.484. The second-order valence-electron chi connectivity index (χ2n) is 10.6. The van der Waals surface area contributed by atoms with E-state index in [0.717, 1.165) is 25.6 Å². The zero-order chi connectivity index (χ0) is 26.9. The molecule has 0 saturated carbocycles. The highest BCUT2D eigenvalue weighted by Gasteiger charge is 2.40. The van der Waals surface area contributed by atoms with Gasteiger partial charge in [-0.05, 0) is 54.8 Å². The van der Waals surface area contributed by atoms with Crippen LogP contribution in [0.15, 0.2) is 66.7 Å². The van der Waals surface area contributed by atoms with Gasteiger partial charge >= 0.3 is 6.18 Å². The Bertz CT molecular complexity index is 1260. The molecule has 2 atom stereocenters. The Hall–Kier alpha value is -3.10. The van der Waals surface area contributed by atoms with Crippen LogP contribution < -0.4 is 10.2 Å². The molecule has 38 heavy (non-hydrogen) atoms. The van der Waals surface area contributed by atoms with Gasteiger partial charge in [0.25, 0.3) is 0 Å². The lowest BCUT2D eigenvalue weighted by molar-refractivity contribution is -0.137. The van der Waals surface area contributed by atoms with Crippen molar-refractivity contribution in [2.45, 2.75) is 51.1 Å². The third kappa shape index (κ3) is 5.66. The zero-order valence-corrected chi connectivity index (χ0v) is 21.9. The number of hydrogen-bond donors (Lipinski definition) is 1. The van der Waals surface area contributed by atoms with E-state index >= 15 is 0 Å². The van der Waals surface area contributed by atoms with Crippen LogP contribution in [0.4, 0.5) is 18.9 Å². The lowest BCUT2D eigenvalue weighted by Gasteiger charge is -2.39. The standard InChI is InChI=1S/C30H35F3N4O/c1-21(2)37-20-25(34-19-23-9-5-8-22-7-3-4-12-27(22)23)18-28(37)29(38)36-15-13-35(14-16-36)26-11-6-10-24(17-26)30(31,32)33/h3-12,17,21,25,28,34H,13-16,18-20H2,1-2H3/t25-,28+/m1/s1. The average molecular weight is 525 g/mol. The minimum atomic E-state index is -4.37. The maximum absolute atomic E-state index is 13.6. The highest BCUT2D eigenvalue weighted by atomic mass is 19.4. The first-order valence-electron chi connectivity index (χ1n) is 13.4. The van der Waals surface area contributed by atoms with Gasteiger partial charge in [0, 0.05) is 57.0 Å². The van der Waals surface area contributed by atoms with Crippen LogP contribution in [-0.2, 0) is 17.5 Å². The van der Waals surface area contributed by atoms with Crippen LogP contribution >= 0.6 is 0 Å². The van der Waals surface area contributed by atoms with Crippen LogP contribution in [0.5, 0.6) is 0 Å². The molecule has 0 radical (unpaired) electrons. The Morgan fingerprint density at radius 1 is 0.974 bits per heavy atom. The summed E-state index contributed by atoms with van der Waals surface area (Å²) >= 11 is 0. The van der Waals surface area contributed by atoms with Gasteiger partial charge < -0.3 is 15.1 Å². The summed E-state index contributed by atoms with van der Waals surface area (Å²) in [5, 5.41) is 6.16. The summed E-state index contributed by atoms with van der Waals surface area (Å²) in [5.41, 5.74) is 1.16. The fraction of sp³-hybridized carbons (Fsp3) is 0.433. The van der Waals surface area contributed by atoms with Gasteiger partial charge in [0.2, 0.25) is 5.91 Å². The molecule has 2 aliphatic heterocycles. The monoisotopic (exact) mass is 524 g/mol. The number of carbonyl (C=O) groups excluding carboxylic acids is 1. The fourth-order valence-corrected chi connectivity index (χ4v) is 5.80. The second kappa shape index (κ2) is 10.9. The highest BCUT2D eigenvalue weighted by molar-refractivity contribution is 5.85. The first-order chi connectivity index (χ1) is 18.2. The Labute approximate surface area is 222 Å². The van der Waals surface area contributed by atoms with Crippen molar-refractivity contribution >= 4 is 22.4 Å². The van der Waals surface area contributed by atoms with Gasteiger partial charge in [0.15, 0.2) is 0 Å². The second-order valence-corrected chi connectivity index (χ2v) is 10.6. The topological polar surface area (TPSA) is 38.8 Å². The number of nitrogens with one attached hydrogen (secondary N) is 1. The number of carbonyl (C=O) groups is 1. The molecule has 0 bridgehead atoms. The lowest BCUT2D eigenvalue weighted by atomic mass is 10.0. The van der Waals surface area contributed by atoms with Crippen molar-refractivity contribution in [1.82, 2.24) is 15.1 Å². The molecule has 202 valence electrons. The molecular formula is C30H35F3N4O. The summed E-state index contributed by atoms with van der Waals surface area (Å²) in [6.45, 7) is 7.85. The van der Waals surface area contributed by atoms with Gasteiger partial charge in [0.1, 0.15) is 0 Å². The highest BCUT2D eigenvalue weighted by Crippen LogP contribution is 2.32. The largest absolute Gasteiger partial charge is 0.416 e. The van der Waals surface area contributed by atoms with Crippen molar-refractivity contribution in [3.63, 3.8) is 0 Å². The van der Waals surface area contributed by atoms with Crippen LogP contribution in [0.25, 0.3) is 10.8 Å². The summed E-state index contributed by atoms with van der Waals surface area (Å²) in [6, 6.07) is 20.4. The van der Waals surface area contributed by atoms with E-state index < -0.39 is 11.7 Å². The molecule has 8 heteroatoms. The number of likely N-dealkylation sites (tertiary alicyclic amines) is 1. The zero-order valence-electron chi connectivity index (χ0n) is 21.9. The van der Waals surface area contributed by atoms with Crippen molar-refractivity contribution in [2.24, 2.45) is 0 Å². The van der Waals surface area contributed by atoms with E-state index in [0.29, 0.717) is 31.9 Å². The number of rotatable bonds is 6. The number of fused-ring (bicyclic) bond motifs is 1. The van der Waals surface area contributed by atoms with E-state index in [1.165, 1.54) is 28.5 Å². The summed E-state index contributed by atoms with van der Waals surface area (Å²) in [7, 11) is 0. The van der Waals surface area contributed by atoms with Gasteiger partial charge in [-0.15, -0.1) is 0 Å². The van der Waals surface area contributed by atoms with Crippen molar-refractivity contribution in [1.29, 1.82) is 0 Å². The minimum Gasteiger partial charge on any atom is -0.368 e. The van der Waals surface area contributed by atoms with Gasteiger partial charge in [-0.2, -0.15) is 13.2 Å². The van der Waals surface area contributed by atoms with E-state index in [2.05, 4.69) is 60.5 Å². The fourth-order valence-electron chi connectivity index (χ4n) is 5.80. The number of piperazine rings is 1. The molecule has 0 spiro atoms. The first-order valence-corrected chi connectivity index (χ1v) is 13.4. The Balaban J connectivity index is 1.20. The molecule has 0 aliphatic carbocycles. The van der Waals surface area contributed by atoms with Crippen molar-refractivity contribution in [2.75, 3.05) is 37.6 Å². The van der Waals surface area contributed by atoms with Crippen LogP contribution in [0.1, 0.15) is 31.4 Å². The Morgan fingerprint density at radius 2 is 1.68 bits per heavy atom. The molecule has 3 aromatic carbocycles. The molecule has 1 amide bonds. The van der Waals surface area contributed by atoms with Crippen LogP contribution in [0, 0.1) is 0 Å². The van der Waals surface area contributed by atoms with Crippen molar-refractivity contribution < 1.29 is 18.0 Å². The van der Waals surface area contributed by atoms with Gasteiger partial charge in [-0.25, -0.2) is 0 Å². The third-order valence-electron chi connectivity index (χ3n) is 7.88. The Kier molecular flexibility index (Phi) is 7.63. The molecule has 0 unspecified atom stereocenters. The van der Waals surface area contributed by atoms with Gasteiger partial charge in [-0.1, -0.05) is 48.5 Å². The smallest absolute Gasteiger partial charge is 0.368 e. The molecular weight excluding hydrogens is 489 g/mol. The van der Waals surface area contributed by atoms with E-state index in [4.69, 9.17) is 0 Å². The number of nitrogens with zero attached hydrogens (tertiary/aromatic N) is 3. The number of amides is 1. The first kappa shape index (κ1) is 26.5.